The topological polar surface area (TPSA) is 9.23 Å². The first-order valence-electron chi connectivity index (χ1n) is 4.37. The lowest BCUT2D eigenvalue weighted by Crippen LogP contribution is -2.26. The van der Waals surface area contributed by atoms with E-state index >= 15 is 0 Å². The summed E-state index contributed by atoms with van der Waals surface area (Å²) in [4.78, 5) is 0. The molecule has 2 atom stereocenters. The van der Waals surface area contributed by atoms with Crippen molar-refractivity contribution < 1.29 is 9.44 Å². The third-order valence-electron chi connectivity index (χ3n) is 3.11. The van der Waals surface area contributed by atoms with Crippen LogP contribution in [0.15, 0.2) is 11.1 Å². The van der Waals surface area contributed by atoms with Crippen molar-refractivity contribution in [1.82, 2.24) is 0 Å². The summed E-state index contributed by atoms with van der Waals surface area (Å²) in [5, 5.41) is 0. The molecule has 0 amide bonds. The molecule has 1 aliphatic rings. The fourth-order valence-corrected chi connectivity index (χ4v) is 1.64. The fraction of sp³-hybridized carbons (Fsp3) is 0.800. The molecule has 0 aromatic heterocycles. The Morgan fingerprint density at radius 1 is 1.42 bits per heavy atom. The van der Waals surface area contributed by atoms with E-state index in [2.05, 4.69) is 34.6 Å². The maximum absolute atomic E-state index is 5.85. The normalized spacial score (nSPS) is 35.2. The molecule has 0 saturated heterocycles. The second-order valence-corrected chi connectivity index (χ2v) is 3.65. The van der Waals surface area contributed by atoms with Gasteiger partial charge in [-0.2, -0.15) is 0 Å². The van der Waals surface area contributed by atoms with Gasteiger partial charge in [0, 0.05) is 0 Å². The summed E-state index contributed by atoms with van der Waals surface area (Å²) in [6, 6.07) is 0. The van der Waals surface area contributed by atoms with Crippen LogP contribution >= 0.6 is 0 Å². The Labute approximate surface area is 74.2 Å². The second kappa shape index (κ2) is 3.56. The van der Waals surface area contributed by atoms with Crippen LogP contribution in [0.25, 0.3) is 0 Å². The predicted octanol–water partition coefficient (Wildman–Crippen LogP) is 3.06. The second-order valence-electron chi connectivity index (χ2n) is 3.65. The van der Waals surface area contributed by atoms with Crippen molar-refractivity contribution in [3.63, 3.8) is 0 Å². The molecule has 0 spiro atoms. The van der Waals surface area contributed by atoms with Crippen LogP contribution in [-0.2, 0) is 4.74 Å². The van der Waals surface area contributed by atoms with Gasteiger partial charge in [0.05, 0.1) is 11.7 Å². The number of rotatable bonds is 1. The van der Waals surface area contributed by atoms with E-state index in [1.807, 2.05) is 0 Å². The molecule has 72 valence electrons. The summed E-state index contributed by atoms with van der Waals surface area (Å²) in [6.45, 7) is 10.8. The van der Waals surface area contributed by atoms with Crippen molar-refractivity contribution in [1.29, 1.82) is 0 Å². The zero-order chi connectivity index (χ0) is 8.65. The van der Waals surface area contributed by atoms with Crippen LogP contribution in [0.4, 0.5) is 4.70 Å². The molecular weight excluding hydrogens is 155 g/mol. The standard InChI is InChI=1S/C10H18O.FH/c1-6-10(5)8(3)7(2)9(4)11-10;/h9H,6H2,1-5H3;1H/t9-,10+;/m0./s1. The van der Waals surface area contributed by atoms with Gasteiger partial charge in [0.25, 0.3) is 0 Å². The number of ether oxygens (including phenoxy) is 1. The minimum Gasteiger partial charge on any atom is -0.364 e. The molecule has 1 aliphatic heterocycles. The highest BCUT2D eigenvalue weighted by molar-refractivity contribution is 5.27. The van der Waals surface area contributed by atoms with Crippen LogP contribution < -0.4 is 0 Å². The summed E-state index contributed by atoms with van der Waals surface area (Å²) in [5.74, 6) is 0. The van der Waals surface area contributed by atoms with Gasteiger partial charge in [-0.3, -0.25) is 4.70 Å². The third-order valence-corrected chi connectivity index (χ3v) is 3.11. The van der Waals surface area contributed by atoms with E-state index in [0.717, 1.165) is 6.42 Å². The molecule has 0 saturated carbocycles. The molecule has 0 fully saturated rings. The Balaban J connectivity index is 0.00000121. The van der Waals surface area contributed by atoms with Gasteiger partial charge in [0.2, 0.25) is 0 Å². The molecule has 0 unspecified atom stereocenters. The Kier molecular flexibility index (Phi) is 3.45. The van der Waals surface area contributed by atoms with Crippen LogP contribution in [-0.4, -0.2) is 11.7 Å². The van der Waals surface area contributed by atoms with Crippen molar-refractivity contribution in [2.24, 2.45) is 0 Å². The van der Waals surface area contributed by atoms with Crippen LogP contribution in [0.1, 0.15) is 41.0 Å². The maximum Gasteiger partial charge on any atom is 0.0869 e. The highest BCUT2D eigenvalue weighted by Crippen LogP contribution is 2.37. The van der Waals surface area contributed by atoms with Crippen molar-refractivity contribution in [3.05, 3.63) is 11.1 Å². The molecular formula is C10H19FO. The molecule has 0 bridgehead atoms. The first-order valence-corrected chi connectivity index (χ1v) is 4.37. The minimum atomic E-state index is 0. The summed E-state index contributed by atoms with van der Waals surface area (Å²) < 4.78 is 5.85. The van der Waals surface area contributed by atoms with Gasteiger partial charge in [0.15, 0.2) is 0 Å². The molecule has 0 aromatic carbocycles. The van der Waals surface area contributed by atoms with Crippen LogP contribution in [0.3, 0.4) is 0 Å². The SMILES string of the molecule is CC[C@@]1(C)O[C@@H](C)C(C)=C1C.F. The predicted molar refractivity (Wildman–Crippen MR) is 50.1 cm³/mol. The molecule has 0 aromatic rings. The quantitative estimate of drug-likeness (QED) is 0.555. The van der Waals surface area contributed by atoms with Gasteiger partial charge < -0.3 is 4.74 Å². The van der Waals surface area contributed by atoms with E-state index in [1.165, 1.54) is 11.1 Å². The van der Waals surface area contributed by atoms with Gasteiger partial charge in [-0.15, -0.1) is 0 Å². The Morgan fingerprint density at radius 3 is 2.08 bits per heavy atom. The van der Waals surface area contributed by atoms with Crippen LogP contribution in [0.5, 0.6) is 0 Å². The van der Waals surface area contributed by atoms with Crippen LogP contribution in [0, 0.1) is 0 Å². The molecule has 12 heavy (non-hydrogen) atoms. The molecule has 0 aliphatic carbocycles. The Hall–Kier alpha value is -0.370. The molecule has 0 N–H and O–H groups in total. The Morgan fingerprint density at radius 2 is 1.92 bits per heavy atom. The average molecular weight is 174 g/mol. The van der Waals surface area contributed by atoms with Gasteiger partial charge in [-0.1, -0.05) is 6.92 Å². The maximum atomic E-state index is 5.85. The molecule has 1 nitrogen and oxygen atoms in total. The summed E-state index contributed by atoms with van der Waals surface area (Å²) in [5.41, 5.74) is 2.85. The lowest BCUT2D eigenvalue weighted by molar-refractivity contribution is -0.0134. The smallest absolute Gasteiger partial charge is 0.0869 e. The highest BCUT2D eigenvalue weighted by atomic mass is 19.0. The molecule has 2 heteroatoms. The summed E-state index contributed by atoms with van der Waals surface area (Å²) in [6.07, 6.45) is 1.39. The Bertz CT molecular complexity index is 198. The van der Waals surface area contributed by atoms with E-state index in [0.29, 0.717) is 6.10 Å². The molecule has 1 heterocycles. The molecule has 1 rings (SSSR count). The van der Waals surface area contributed by atoms with E-state index in [1.54, 1.807) is 0 Å². The van der Waals surface area contributed by atoms with Gasteiger partial charge in [-0.05, 0) is 45.3 Å². The van der Waals surface area contributed by atoms with E-state index < -0.39 is 0 Å². The van der Waals surface area contributed by atoms with Crippen molar-refractivity contribution >= 4 is 0 Å². The van der Waals surface area contributed by atoms with E-state index in [4.69, 9.17) is 4.74 Å². The zero-order valence-corrected chi connectivity index (χ0v) is 8.60. The fourth-order valence-electron chi connectivity index (χ4n) is 1.64. The number of hydrogen-bond donors (Lipinski definition) is 0. The van der Waals surface area contributed by atoms with Gasteiger partial charge >= 0.3 is 0 Å². The van der Waals surface area contributed by atoms with Crippen LogP contribution in [0.2, 0.25) is 0 Å². The van der Waals surface area contributed by atoms with E-state index in [9.17, 15) is 0 Å². The summed E-state index contributed by atoms with van der Waals surface area (Å²) >= 11 is 0. The first kappa shape index (κ1) is 11.6. The monoisotopic (exact) mass is 174 g/mol. The first-order chi connectivity index (χ1) is 5.01. The van der Waals surface area contributed by atoms with Gasteiger partial charge in [-0.25, -0.2) is 0 Å². The van der Waals surface area contributed by atoms with Crippen molar-refractivity contribution in [2.75, 3.05) is 0 Å². The zero-order valence-electron chi connectivity index (χ0n) is 8.60. The lowest BCUT2D eigenvalue weighted by Gasteiger charge is -2.24. The number of hydrogen-bond acceptors (Lipinski definition) is 1. The van der Waals surface area contributed by atoms with Crippen molar-refractivity contribution in [2.45, 2.75) is 52.7 Å². The third kappa shape index (κ3) is 1.53. The largest absolute Gasteiger partial charge is 0.364 e. The summed E-state index contributed by atoms with van der Waals surface area (Å²) in [7, 11) is 0. The van der Waals surface area contributed by atoms with E-state index in [-0.39, 0.29) is 10.3 Å². The average Bonchev–Trinajstić information content (AvgIpc) is 2.17. The number of halogens is 1. The van der Waals surface area contributed by atoms with Gasteiger partial charge in [0.1, 0.15) is 0 Å². The van der Waals surface area contributed by atoms with Crippen molar-refractivity contribution in [3.8, 4) is 0 Å². The molecule has 0 radical (unpaired) electrons. The minimum absolute atomic E-state index is 0. The lowest BCUT2D eigenvalue weighted by atomic mass is 9.93. The highest BCUT2D eigenvalue weighted by Gasteiger charge is 2.35.